The fraction of sp³-hybridized carbons (Fsp3) is 0.269. The lowest BCUT2D eigenvalue weighted by Gasteiger charge is -2.12. The molecule has 2 aromatic carbocycles. The van der Waals surface area contributed by atoms with Crippen LogP contribution in [0.25, 0.3) is 11.2 Å². The number of rotatable bonds is 8. The van der Waals surface area contributed by atoms with Gasteiger partial charge in [-0.05, 0) is 43.3 Å². The number of fused-ring (bicyclic) bond motifs is 1. The second-order valence-electron chi connectivity index (χ2n) is 8.02. The Kier molecular flexibility index (Phi) is 7.68. The molecule has 0 fully saturated rings. The van der Waals surface area contributed by atoms with Crippen LogP contribution >= 0.6 is 11.8 Å². The van der Waals surface area contributed by atoms with Crippen molar-refractivity contribution in [2.45, 2.75) is 42.9 Å². The van der Waals surface area contributed by atoms with Crippen molar-refractivity contribution >= 4 is 28.7 Å². The third-order valence-electron chi connectivity index (χ3n) is 5.14. The first-order valence-corrected chi connectivity index (χ1v) is 12.0. The number of nitrogens with zero attached hydrogens (tertiary/aromatic N) is 4. The largest absolute Gasteiger partial charge is 0.497 e. The quantitative estimate of drug-likeness (QED) is 0.291. The molecule has 7 nitrogen and oxygen atoms in total. The molecule has 0 aliphatic carbocycles. The van der Waals surface area contributed by atoms with Gasteiger partial charge in [0.15, 0.2) is 22.1 Å². The van der Waals surface area contributed by atoms with E-state index >= 15 is 0 Å². The van der Waals surface area contributed by atoms with Crippen LogP contribution in [0.5, 0.6) is 5.75 Å². The Bertz CT molecular complexity index is 1320. The van der Waals surface area contributed by atoms with E-state index in [4.69, 9.17) is 15.5 Å². The van der Waals surface area contributed by atoms with Crippen molar-refractivity contribution in [1.29, 1.82) is 0 Å². The fourth-order valence-electron chi connectivity index (χ4n) is 3.42. The third-order valence-corrected chi connectivity index (χ3v) is 6.19. The number of hydrogen-bond acceptors (Lipinski definition) is 7. The molecular formula is C26H28N6OS. The SMILES string of the molecule is COc1ccc(C#Cc2ccccc2)c(Sc2nc3c(N)ncnc3n2CCCNC(C)C)c1. The van der Waals surface area contributed by atoms with Gasteiger partial charge in [0.2, 0.25) is 0 Å². The van der Waals surface area contributed by atoms with Crippen molar-refractivity contribution in [3.63, 3.8) is 0 Å². The van der Waals surface area contributed by atoms with E-state index in [1.807, 2.05) is 48.5 Å². The van der Waals surface area contributed by atoms with Crippen LogP contribution in [-0.4, -0.2) is 39.2 Å². The number of ether oxygens (including phenoxy) is 1. The van der Waals surface area contributed by atoms with Gasteiger partial charge >= 0.3 is 0 Å². The average Bonchev–Trinajstić information content (AvgIpc) is 3.19. The molecule has 4 aromatic rings. The zero-order valence-electron chi connectivity index (χ0n) is 19.6. The number of hydrogen-bond donors (Lipinski definition) is 2. The summed E-state index contributed by atoms with van der Waals surface area (Å²) in [5.74, 6) is 7.69. The summed E-state index contributed by atoms with van der Waals surface area (Å²) < 4.78 is 7.59. The molecule has 0 atom stereocenters. The van der Waals surface area contributed by atoms with Crippen molar-refractivity contribution < 1.29 is 4.74 Å². The highest BCUT2D eigenvalue weighted by Crippen LogP contribution is 2.35. The fourth-order valence-corrected chi connectivity index (χ4v) is 4.44. The van der Waals surface area contributed by atoms with E-state index in [2.05, 4.69) is 45.5 Å². The van der Waals surface area contributed by atoms with Crippen LogP contribution < -0.4 is 15.8 Å². The number of nitrogens with two attached hydrogens (primary N) is 1. The van der Waals surface area contributed by atoms with Gasteiger partial charge in [0.25, 0.3) is 0 Å². The highest BCUT2D eigenvalue weighted by molar-refractivity contribution is 7.99. The van der Waals surface area contributed by atoms with Crippen LogP contribution in [0, 0.1) is 11.8 Å². The summed E-state index contributed by atoms with van der Waals surface area (Å²) in [6, 6.07) is 16.3. The Morgan fingerprint density at radius 1 is 1.12 bits per heavy atom. The molecule has 4 rings (SSSR count). The van der Waals surface area contributed by atoms with Crippen molar-refractivity contribution in [1.82, 2.24) is 24.8 Å². The van der Waals surface area contributed by atoms with Gasteiger partial charge in [-0.2, -0.15) is 0 Å². The van der Waals surface area contributed by atoms with E-state index in [9.17, 15) is 0 Å². The molecule has 0 spiro atoms. The smallest absolute Gasteiger partial charge is 0.175 e. The summed E-state index contributed by atoms with van der Waals surface area (Å²) >= 11 is 1.53. The number of aromatic nitrogens is 4. The first-order chi connectivity index (χ1) is 16.5. The Labute approximate surface area is 204 Å². The number of anilines is 1. The molecule has 0 unspecified atom stereocenters. The average molecular weight is 473 g/mol. The number of aryl methyl sites for hydroxylation is 1. The van der Waals surface area contributed by atoms with Gasteiger partial charge < -0.3 is 20.4 Å². The van der Waals surface area contributed by atoms with E-state index < -0.39 is 0 Å². The molecule has 174 valence electrons. The van der Waals surface area contributed by atoms with Crippen LogP contribution in [-0.2, 0) is 6.54 Å². The van der Waals surface area contributed by atoms with Crippen molar-refractivity contribution in [2.75, 3.05) is 19.4 Å². The Balaban J connectivity index is 1.70. The Morgan fingerprint density at radius 3 is 2.71 bits per heavy atom. The highest BCUT2D eigenvalue weighted by atomic mass is 32.2. The molecule has 0 aliphatic rings. The molecule has 0 radical (unpaired) electrons. The molecule has 0 saturated heterocycles. The molecule has 2 heterocycles. The lowest BCUT2D eigenvalue weighted by molar-refractivity contribution is 0.413. The van der Waals surface area contributed by atoms with E-state index in [1.165, 1.54) is 18.1 Å². The third kappa shape index (κ3) is 5.68. The monoisotopic (exact) mass is 472 g/mol. The van der Waals surface area contributed by atoms with Crippen LogP contribution in [0.3, 0.4) is 0 Å². The Hall–Kier alpha value is -3.54. The number of nitrogens with one attached hydrogen (secondary N) is 1. The second kappa shape index (κ2) is 11.1. The number of nitrogen functional groups attached to an aromatic ring is 1. The summed E-state index contributed by atoms with van der Waals surface area (Å²) in [5, 5.41) is 4.25. The minimum absolute atomic E-state index is 0.376. The van der Waals surface area contributed by atoms with Crippen molar-refractivity contribution in [3.8, 4) is 17.6 Å². The van der Waals surface area contributed by atoms with Crippen LogP contribution in [0.4, 0.5) is 5.82 Å². The van der Waals surface area contributed by atoms with E-state index in [1.54, 1.807) is 7.11 Å². The van der Waals surface area contributed by atoms with Gasteiger partial charge in [0.05, 0.1) is 7.11 Å². The zero-order valence-corrected chi connectivity index (χ0v) is 20.4. The van der Waals surface area contributed by atoms with Crippen LogP contribution in [0.2, 0.25) is 0 Å². The summed E-state index contributed by atoms with van der Waals surface area (Å²) in [6.45, 7) is 5.93. The molecule has 0 bridgehead atoms. The summed E-state index contributed by atoms with van der Waals surface area (Å²) in [4.78, 5) is 14.3. The number of benzene rings is 2. The van der Waals surface area contributed by atoms with E-state index in [-0.39, 0.29) is 0 Å². The van der Waals surface area contributed by atoms with Crippen LogP contribution in [0.1, 0.15) is 31.4 Å². The first-order valence-electron chi connectivity index (χ1n) is 11.2. The molecule has 3 N–H and O–H groups in total. The van der Waals surface area contributed by atoms with Crippen molar-refractivity contribution in [3.05, 3.63) is 66.0 Å². The maximum Gasteiger partial charge on any atom is 0.175 e. The van der Waals surface area contributed by atoms with Gasteiger partial charge in [-0.1, -0.05) is 55.6 Å². The van der Waals surface area contributed by atoms with Gasteiger partial charge in [-0.25, -0.2) is 15.0 Å². The van der Waals surface area contributed by atoms with E-state index in [0.29, 0.717) is 17.4 Å². The molecule has 2 aromatic heterocycles. The second-order valence-corrected chi connectivity index (χ2v) is 9.03. The predicted molar refractivity (Wildman–Crippen MR) is 137 cm³/mol. The lowest BCUT2D eigenvalue weighted by atomic mass is 10.2. The highest BCUT2D eigenvalue weighted by Gasteiger charge is 2.17. The molecule has 34 heavy (non-hydrogen) atoms. The van der Waals surface area contributed by atoms with Gasteiger partial charge in [-0.3, -0.25) is 0 Å². The lowest BCUT2D eigenvalue weighted by Crippen LogP contribution is -2.24. The molecule has 0 amide bonds. The summed E-state index contributed by atoms with van der Waals surface area (Å²) in [6.07, 6.45) is 2.42. The number of methoxy groups -OCH3 is 1. The maximum absolute atomic E-state index is 6.12. The standard InChI is InChI=1S/C26H28N6OS/c1-18(2)28-14-7-15-32-25-23(24(27)29-17-30-25)31-26(32)34-22-16-21(33-3)13-12-20(22)11-10-19-8-5-4-6-9-19/h4-6,8-9,12-13,16-18,28H,7,14-15H2,1-3H3,(H2,27,29,30). The summed E-state index contributed by atoms with van der Waals surface area (Å²) in [5.41, 5.74) is 9.33. The molecule has 0 aliphatic heterocycles. The first kappa shape index (κ1) is 23.6. The van der Waals surface area contributed by atoms with Crippen molar-refractivity contribution in [2.24, 2.45) is 0 Å². The minimum atomic E-state index is 0.376. The zero-order chi connectivity index (χ0) is 23.9. The molecular weight excluding hydrogens is 444 g/mol. The topological polar surface area (TPSA) is 90.9 Å². The summed E-state index contributed by atoms with van der Waals surface area (Å²) in [7, 11) is 1.66. The normalized spacial score (nSPS) is 10.9. The van der Waals surface area contributed by atoms with Gasteiger partial charge in [-0.15, -0.1) is 0 Å². The predicted octanol–water partition coefficient (Wildman–Crippen LogP) is 4.36. The maximum atomic E-state index is 6.12. The minimum Gasteiger partial charge on any atom is -0.497 e. The van der Waals surface area contributed by atoms with Crippen LogP contribution in [0.15, 0.2) is 64.9 Å². The van der Waals surface area contributed by atoms with Gasteiger partial charge in [0, 0.05) is 28.6 Å². The Morgan fingerprint density at radius 2 is 1.94 bits per heavy atom. The molecule has 0 saturated carbocycles. The van der Waals surface area contributed by atoms with E-state index in [0.717, 1.165) is 52.1 Å². The molecule has 8 heteroatoms. The van der Waals surface area contributed by atoms with Gasteiger partial charge in [0.1, 0.15) is 12.1 Å². The number of imidazole rings is 1.